The van der Waals surface area contributed by atoms with E-state index in [9.17, 15) is 14.0 Å². The van der Waals surface area contributed by atoms with Crippen LogP contribution in [0.3, 0.4) is 0 Å². The van der Waals surface area contributed by atoms with Crippen molar-refractivity contribution in [3.05, 3.63) is 76.0 Å². The van der Waals surface area contributed by atoms with Gasteiger partial charge in [-0.3, -0.25) is 20.4 Å². The molecule has 0 spiro atoms. The Morgan fingerprint density at radius 3 is 2.69 bits per heavy atom. The number of hydrogen-bond acceptors (Lipinski definition) is 4. The van der Waals surface area contributed by atoms with Gasteiger partial charge in [-0.2, -0.15) is 0 Å². The van der Waals surface area contributed by atoms with Crippen LogP contribution in [0.1, 0.15) is 16.1 Å². The summed E-state index contributed by atoms with van der Waals surface area (Å²) in [6.45, 7) is 0. The van der Waals surface area contributed by atoms with Crippen molar-refractivity contribution < 1.29 is 14.0 Å². The van der Waals surface area contributed by atoms with Crippen molar-refractivity contribution >= 4 is 34.8 Å². The molecule has 0 unspecified atom stereocenters. The van der Waals surface area contributed by atoms with Crippen LogP contribution in [0.2, 0.25) is 5.02 Å². The van der Waals surface area contributed by atoms with E-state index in [-0.39, 0.29) is 17.8 Å². The topological polar surface area (TPSA) is 71.1 Å². The number of benzene rings is 2. The summed E-state index contributed by atoms with van der Waals surface area (Å²) in [4.78, 5) is 28.3. The van der Waals surface area contributed by atoms with Crippen LogP contribution in [0.5, 0.6) is 0 Å². The molecule has 26 heavy (non-hydrogen) atoms. The number of nitrogens with one attached hydrogen (secondary N) is 2. The van der Waals surface area contributed by atoms with Crippen LogP contribution in [0.25, 0.3) is 10.6 Å². The Balaban J connectivity index is 1.57. The monoisotopic (exact) mass is 389 g/mol. The van der Waals surface area contributed by atoms with Gasteiger partial charge in [0, 0.05) is 10.9 Å². The van der Waals surface area contributed by atoms with Crippen LogP contribution in [0.4, 0.5) is 4.39 Å². The number of nitrogens with zero attached hydrogens (tertiary/aromatic N) is 1. The Kier molecular flexibility index (Phi) is 5.60. The molecule has 2 aromatic carbocycles. The summed E-state index contributed by atoms with van der Waals surface area (Å²) in [5.41, 5.74) is 6.07. The highest BCUT2D eigenvalue weighted by Crippen LogP contribution is 2.24. The first-order valence-corrected chi connectivity index (χ1v) is 8.83. The number of amides is 2. The fourth-order valence-corrected chi connectivity index (χ4v) is 3.23. The first-order chi connectivity index (χ1) is 12.5. The largest absolute Gasteiger partial charge is 0.273 e. The van der Waals surface area contributed by atoms with E-state index in [1.165, 1.54) is 23.5 Å². The van der Waals surface area contributed by atoms with Gasteiger partial charge < -0.3 is 0 Å². The zero-order chi connectivity index (χ0) is 18.5. The lowest BCUT2D eigenvalue weighted by atomic mass is 10.2. The average Bonchev–Trinajstić information content (AvgIpc) is 3.08. The Morgan fingerprint density at radius 1 is 1.12 bits per heavy atom. The van der Waals surface area contributed by atoms with E-state index >= 15 is 0 Å². The number of aromatic nitrogens is 1. The molecule has 132 valence electrons. The van der Waals surface area contributed by atoms with Crippen LogP contribution in [0.15, 0.2) is 53.9 Å². The molecule has 0 aliphatic heterocycles. The lowest BCUT2D eigenvalue weighted by Crippen LogP contribution is -2.42. The Labute approximate surface area is 157 Å². The summed E-state index contributed by atoms with van der Waals surface area (Å²) in [6, 6.07) is 12.6. The van der Waals surface area contributed by atoms with Gasteiger partial charge in [0.15, 0.2) is 0 Å². The minimum atomic E-state index is -0.511. The molecule has 8 heteroatoms. The van der Waals surface area contributed by atoms with Gasteiger partial charge in [-0.1, -0.05) is 35.9 Å². The minimum Gasteiger partial charge on any atom is -0.273 e. The molecule has 5 nitrogen and oxygen atoms in total. The third-order valence-electron chi connectivity index (χ3n) is 3.40. The van der Waals surface area contributed by atoms with Crippen molar-refractivity contribution in [1.29, 1.82) is 0 Å². The first kappa shape index (κ1) is 18.0. The molecule has 0 aliphatic rings. The zero-order valence-electron chi connectivity index (χ0n) is 13.3. The van der Waals surface area contributed by atoms with E-state index in [1.807, 2.05) is 0 Å². The van der Waals surface area contributed by atoms with Crippen LogP contribution in [-0.2, 0) is 11.2 Å². The van der Waals surface area contributed by atoms with Gasteiger partial charge in [-0.15, -0.1) is 11.3 Å². The predicted molar refractivity (Wildman–Crippen MR) is 98.3 cm³/mol. The fourth-order valence-electron chi connectivity index (χ4n) is 2.19. The Bertz CT molecular complexity index is 961. The summed E-state index contributed by atoms with van der Waals surface area (Å²) >= 11 is 7.24. The quantitative estimate of drug-likeness (QED) is 0.670. The van der Waals surface area contributed by atoms with Gasteiger partial charge in [0.1, 0.15) is 10.8 Å². The maximum absolute atomic E-state index is 13.3. The van der Waals surface area contributed by atoms with Crippen molar-refractivity contribution in [2.24, 2.45) is 0 Å². The van der Waals surface area contributed by atoms with Gasteiger partial charge in [0.2, 0.25) is 5.91 Å². The smallest absolute Gasteiger partial charge is 0.271 e. The maximum atomic E-state index is 13.3. The fraction of sp³-hybridized carbons (Fsp3) is 0.0556. The van der Waals surface area contributed by atoms with E-state index in [4.69, 9.17) is 11.6 Å². The van der Waals surface area contributed by atoms with Gasteiger partial charge in [0.05, 0.1) is 22.7 Å². The average molecular weight is 390 g/mol. The molecular weight excluding hydrogens is 377 g/mol. The highest BCUT2D eigenvalue weighted by atomic mass is 35.5. The Hall–Kier alpha value is -2.77. The lowest BCUT2D eigenvalue weighted by Gasteiger charge is -2.07. The van der Waals surface area contributed by atoms with Crippen LogP contribution < -0.4 is 10.9 Å². The van der Waals surface area contributed by atoms with E-state index in [0.717, 1.165) is 0 Å². The van der Waals surface area contributed by atoms with E-state index in [1.54, 1.807) is 41.8 Å². The standard InChI is InChI=1S/C18H13ClFN3O2S/c19-15-7-2-1-6-14(15)17(25)23-22-16(24)9-13-10-26-18(21-13)11-4-3-5-12(20)8-11/h1-8,10H,9H2,(H,22,24)(H,23,25). The van der Waals surface area contributed by atoms with Gasteiger partial charge in [-0.05, 0) is 24.3 Å². The molecule has 3 aromatic rings. The summed E-state index contributed by atoms with van der Waals surface area (Å²) in [5, 5.41) is 2.63. The second-order valence-electron chi connectivity index (χ2n) is 5.31. The van der Waals surface area contributed by atoms with Gasteiger partial charge >= 0.3 is 0 Å². The number of thiazole rings is 1. The SMILES string of the molecule is O=C(Cc1csc(-c2cccc(F)c2)n1)NNC(=O)c1ccccc1Cl. The van der Waals surface area contributed by atoms with Gasteiger partial charge in [-0.25, -0.2) is 9.37 Å². The van der Waals surface area contributed by atoms with Crippen molar-refractivity contribution in [2.75, 3.05) is 0 Å². The van der Waals surface area contributed by atoms with Crippen LogP contribution in [-0.4, -0.2) is 16.8 Å². The van der Waals surface area contributed by atoms with Crippen LogP contribution >= 0.6 is 22.9 Å². The summed E-state index contributed by atoms with van der Waals surface area (Å²) < 4.78 is 13.3. The molecule has 0 radical (unpaired) electrons. The molecule has 0 aliphatic carbocycles. The maximum Gasteiger partial charge on any atom is 0.271 e. The van der Waals surface area contributed by atoms with Crippen molar-refractivity contribution in [3.63, 3.8) is 0 Å². The van der Waals surface area contributed by atoms with Crippen LogP contribution in [0, 0.1) is 5.82 Å². The van der Waals surface area contributed by atoms with Crippen molar-refractivity contribution in [2.45, 2.75) is 6.42 Å². The minimum absolute atomic E-state index is 0.0192. The predicted octanol–water partition coefficient (Wildman–Crippen LogP) is 3.61. The van der Waals surface area contributed by atoms with E-state index < -0.39 is 11.8 Å². The second kappa shape index (κ2) is 8.07. The van der Waals surface area contributed by atoms with Crippen molar-refractivity contribution in [1.82, 2.24) is 15.8 Å². The molecule has 2 amide bonds. The third-order valence-corrected chi connectivity index (χ3v) is 4.67. The van der Waals surface area contributed by atoms with E-state index in [0.29, 0.717) is 21.3 Å². The molecule has 3 rings (SSSR count). The van der Waals surface area contributed by atoms with E-state index in [2.05, 4.69) is 15.8 Å². The number of rotatable bonds is 4. The molecule has 2 N–H and O–H groups in total. The molecule has 1 aromatic heterocycles. The molecule has 1 heterocycles. The molecule has 0 fully saturated rings. The molecular formula is C18H13ClFN3O2S. The Morgan fingerprint density at radius 2 is 1.92 bits per heavy atom. The molecule has 0 saturated heterocycles. The number of carbonyl (C=O) groups excluding carboxylic acids is 2. The summed E-state index contributed by atoms with van der Waals surface area (Å²) in [7, 11) is 0. The van der Waals surface area contributed by atoms with Gasteiger partial charge in [0.25, 0.3) is 5.91 Å². The summed E-state index contributed by atoms with van der Waals surface area (Å²) in [6.07, 6.45) is -0.0192. The zero-order valence-corrected chi connectivity index (χ0v) is 14.9. The molecule has 0 atom stereocenters. The molecule has 0 bridgehead atoms. The number of hydrazine groups is 1. The lowest BCUT2D eigenvalue weighted by molar-refractivity contribution is -0.121. The van der Waals surface area contributed by atoms with Crippen molar-refractivity contribution in [3.8, 4) is 10.6 Å². The first-order valence-electron chi connectivity index (χ1n) is 7.57. The highest BCUT2D eigenvalue weighted by molar-refractivity contribution is 7.13. The number of carbonyl (C=O) groups is 2. The molecule has 0 saturated carbocycles. The summed E-state index contributed by atoms with van der Waals surface area (Å²) in [5.74, 6) is -1.29. The number of hydrogen-bond donors (Lipinski definition) is 2. The third kappa shape index (κ3) is 4.44. The second-order valence-corrected chi connectivity index (χ2v) is 6.58. The highest BCUT2D eigenvalue weighted by Gasteiger charge is 2.12. The number of halogens is 2. The normalized spacial score (nSPS) is 10.4.